The lowest BCUT2D eigenvalue weighted by atomic mass is 10.2. The van der Waals surface area contributed by atoms with Crippen molar-refractivity contribution >= 4 is 57.8 Å². The molecule has 0 spiro atoms. The van der Waals surface area contributed by atoms with Gasteiger partial charge in [0.2, 0.25) is 17.7 Å². The molecule has 1 aliphatic heterocycles. The second-order valence-corrected chi connectivity index (χ2v) is 9.16. The SMILES string of the molecule is O=C(/C=C/c1ccccc1)Nc1cccc(SC2CC(=O)N(c3ccc4cc[nH]c4c3)C2=O)c1. The highest BCUT2D eigenvalue weighted by Gasteiger charge is 2.40. The van der Waals surface area contributed by atoms with Crippen LogP contribution < -0.4 is 10.2 Å². The molecule has 1 fully saturated rings. The van der Waals surface area contributed by atoms with Crippen LogP contribution in [0.15, 0.2) is 96.0 Å². The van der Waals surface area contributed by atoms with E-state index in [2.05, 4.69) is 10.3 Å². The van der Waals surface area contributed by atoms with E-state index >= 15 is 0 Å². The lowest BCUT2D eigenvalue weighted by molar-refractivity contribution is -0.121. The third-order valence-corrected chi connectivity index (χ3v) is 6.69. The molecule has 2 heterocycles. The van der Waals surface area contributed by atoms with Crippen molar-refractivity contribution in [3.8, 4) is 0 Å². The van der Waals surface area contributed by atoms with Crippen molar-refractivity contribution in [2.24, 2.45) is 0 Å². The molecule has 1 unspecified atom stereocenters. The van der Waals surface area contributed by atoms with E-state index < -0.39 is 5.25 Å². The normalized spacial score (nSPS) is 16.0. The molecule has 6 nitrogen and oxygen atoms in total. The van der Waals surface area contributed by atoms with Crippen molar-refractivity contribution in [1.82, 2.24) is 4.98 Å². The number of H-pyrrole nitrogens is 1. The zero-order chi connectivity index (χ0) is 23.5. The number of carbonyl (C=O) groups is 3. The van der Waals surface area contributed by atoms with Crippen LogP contribution >= 0.6 is 11.8 Å². The molecule has 1 aliphatic rings. The van der Waals surface area contributed by atoms with Gasteiger partial charge in [-0.1, -0.05) is 42.5 Å². The van der Waals surface area contributed by atoms with E-state index in [1.807, 2.05) is 72.9 Å². The number of benzene rings is 3. The highest BCUT2D eigenvalue weighted by atomic mass is 32.2. The van der Waals surface area contributed by atoms with Gasteiger partial charge in [0, 0.05) is 34.8 Å². The van der Waals surface area contributed by atoms with E-state index in [1.165, 1.54) is 22.7 Å². The third-order valence-electron chi connectivity index (χ3n) is 5.51. The van der Waals surface area contributed by atoms with Gasteiger partial charge in [0.05, 0.1) is 10.9 Å². The summed E-state index contributed by atoms with van der Waals surface area (Å²) < 4.78 is 0. The van der Waals surface area contributed by atoms with Crippen molar-refractivity contribution in [3.63, 3.8) is 0 Å². The number of hydrogen-bond donors (Lipinski definition) is 2. The monoisotopic (exact) mass is 467 g/mol. The van der Waals surface area contributed by atoms with Gasteiger partial charge in [-0.15, -0.1) is 11.8 Å². The maximum absolute atomic E-state index is 13.1. The standard InChI is InChI=1S/C27H21N3O3S/c31-25(12-9-18-5-2-1-3-6-18)29-20-7-4-8-22(15-20)34-24-17-26(32)30(27(24)33)21-11-10-19-13-14-28-23(19)16-21/h1-16,24,28H,17H2,(H,29,31)/b12-9+. The number of thioether (sulfide) groups is 1. The predicted molar refractivity (Wildman–Crippen MR) is 136 cm³/mol. The average Bonchev–Trinajstić information content (AvgIpc) is 3.42. The Bertz CT molecular complexity index is 1410. The zero-order valence-corrected chi connectivity index (χ0v) is 18.9. The van der Waals surface area contributed by atoms with Crippen LogP contribution in [0.25, 0.3) is 17.0 Å². The van der Waals surface area contributed by atoms with E-state index in [0.29, 0.717) is 11.4 Å². The Balaban J connectivity index is 1.26. The van der Waals surface area contributed by atoms with E-state index in [9.17, 15) is 14.4 Å². The lowest BCUT2D eigenvalue weighted by Crippen LogP contribution is -2.31. The smallest absolute Gasteiger partial charge is 0.248 e. The second-order valence-electron chi connectivity index (χ2n) is 7.89. The van der Waals surface area contributed by atoms with Crippen molar-refractivity contribution in [2.45, 2.75) is 16.6 Å². The van der Waals surface area contributed by atoms with Gasteiger partial charge in [0.25, 0.3) is 0 Å². The molecule has 3 amide bonds. The molecule has 5 rings (SSSR count). The van der Waals surface area contributed by atoms with Gasteiger partial charge in [-0.25, -0.2) is 4.90 Å². The van der Waals surface area contributed by atoms with E-state index in [0.717, 1.165) is 21.4 Å². The van der Waals surface area contributed by atoms with Gasteiger partial charge in [-0.05, 0) is 53.4 Å². The van der Waals surface area contributed by atoms with Crippen LogP contribution in [0.1, 0.15) is 12.0 Å². The van der Waals surface area contributed by atoms with Gasteiger partial charge in [-0.2, -0.15) is 0 Å². The van der Waals surface area contributed by atoms with Crippen molar-refractivity contribution in [2.75, 3.05) is 10.2 Å². The van der Waals surface area contributed by atoms with Crippen LogP contribution in [0.4, 0.5) is 11.4 Å². The van der Waals surface area contributed by atoms with Gasteiger partial charge in [0.15, 0.2) is 0 Å². The van der Waals surface area contributed by atoms with Gasteiger partial charge in [-0.3, -0.25) is 14.4 Å². The first-order valence-corrected chi connectivity index (χ1v) is 11.7. The Morgan fingerprint density at radius 1 is 1.00 bits per heavy atom. The number of imide groups is 1. The summed E-state index contributed by atoms with van der Waals surface area (Å²) >= 11 is 1.33. The molecule has 1 atom stereocenters. The average molecular weight is 468 g/mol. The van der Waals surface area contributed by atoms with Crippen molar-refractivity contribution in [3.05, 3.63) is 96.7 Å². The number of anilines is 2. The Morgan fingerprint density at radius 2 is 1.85 bits per heavy atom. The molecule has 168 valence electrons. The Hall–Kier alpha value is -4.10. The Kier molecular flexibility index (Phi) is 6.01. The topological polar surface area (TPSA) is 82.3 Å². The molecular formula is C27H21N3O3S. The molecule has 4 aromatic rings. The zero-order valence-electron chi connectivity index (χ0n) is 18.1. The van der Waals surface area contributed by atoms with E-state index in [-0.39, 0.29) is 24.1 Å². The minimum atomic E-state index is -0.518. The molecular weight excluding hydrogens is 446 g/mol. The number of nitrogens with one attached hydrogen (secondary N) is 2. The molecule has 0 aliphatic carbocycles. The van der Waals surface area contributed by atoms with Gasteiger partial charge >= 0.3 is 0 Å². The quantitative estimate of drug-likeness (QED) is 0.300. The number of amides is 3. The van der Waals surface area contributed by atoms with Crippen LogP contribution in [-0.4, -0.2) is 28.0 Å². The number of carbonyl (C=O) groups excluding carboxylic acids is 3. The highest BCUT2D eigenvalue weighted by molar-refractivity contribution is 8.00. The van der Waals surface area contributed by atoms with Crippen molar-refractivity contribution < 1.29 is 14.4 Å². The number of aromatic amines is 1. The van der Waals surface area contributed by atoms with Crippen LogP contribution in [0, 0.1) is 0 Å². The van der Waals surface area contributed by atoms with Crippen LogP contribution in [0.5, 0.6) is 0 Å². The summed E-state index contributed by atoms with van der Waals surface area (Å²) in [4.78, 5) is 43.2. The summed E-state index contributed by atoms with van der Waals surface area (Å²) in [7, 11) is 0. The van der Waals surface area contributed by atoms with Crippen LogP contribution in [0.2, 0.25) is 0 Å². The molecule has 1 saturated heterocycles. The number of aromatic nitrogens is 1. The van der Waals surface area contributed by atoms with E-state index in [4.69, 9.17) is 0 Å². The summed E-state index contributed by atoms with van der Waals surface area (Å²) in [5.41, 5.74) is 3.00. The molecule has 7 heteroatoms. The maximum atomic E-state index is 13.1. The third kappa shape index (κ3) is 4.65. The Labute approximate surface area is 200 Å². The molecule has 0 saturated carbocycles. The summed E-state index contributed by atoms with van der Waals surface area (Å²) in [5.74, 6) is -0.700. The molecule has 2 N–H and O–H groups in total. The summed E-state index contributed by atoms with van der Waals surface area (Å²) in [6.45, 7) is 0. The maximum Gasteiger partial charge on any atom is 0.248 e. The number of hydrogen-bond acceptors (Lipinski definition) is 4. The molecule has 3 aromatic carbocycles. The van der Waals surface area contributed by atoms with Crippen molar-refractivity contribution in [1.29, 1.82) is 0 Å². The molecule has 0 bridgehead atoms. The fourth-order valence-corrected chi connectivity index (χ4v) is 4.99. The summed E-state index contributed by atoms with van der Waals surface area (Å²) in [6.07, 6.45) is 5.18. The highest BCUT2D eigenvalue weighted by Crippen LogP contribution is 2.35. The first-order chi connectivity index (χ1) is 16.6. The largest absolute Gasteiger partial charge is 0.361 e. The first kappa shape index (κ1) is 21.7. The minimum absolute atomic E-state index is 0.128. The van der Waals surface area contributed by atoms with Crippen LogP contribution in [-0.2, 0) is 14.4 Å². The number of fused-ring (bicyclic) bond motifs is 1. The predicted octanol–water partition coefficient (Wildman–Crippen LogP) is 5.24. The number of rotatable bonds is 6. The first-order valence-electron chi connectivity index (χ1n) is 10.8. The molecule has 0 radical (unpaired) electrons. The van der Waals surface area contributed by atoms with E-state index in [1.54, 1.807) is 18.2 Å². The summed E-state index contributed by atoms with van der Waals surface area (Å²) in [6, 6.07) is 24.3. The second kappa shape index (κ2) is 9.41. The Morgan fingerprint density at radius 3 is 2.71 bits per heavy atom. The van der Waals surface area contributed by atoms with Crippen LogP contribution in [0.3, 0.4) is 0 Å². The molecule has 1 aromatic heterocycles. The van der Waals surface area contributed by atoms with Gasteiger partial charge < -0.3 is 10.3 Å². The fourth-order valence-electron chi connectivity index (χ4n) is 3.87. The van der Waals surface area contributed by atoms with Gasteiger partial charge in [0.1, 0.15) is 0 Å². The summed E-state index contributed by atoms with van der Waals surface area (Å²) in [5, 5.41) is 3.34. The number of nitrogens with zero attached hydrogens (tertiary/aromatic N) is 1. The lowest BCUT2D eigenvalue weighted by Gasteiger charge is -2.15. The minimum Gasteiger partial charge on any atom is -0.361 e. The fraction of sp³-hybridized carbons (Fsp3) is 0.0741. The molecule has 34 heavy (non-hydrogen) atoms.